The number of hydrogen-bond acceptors (Lipinski definition) is 1. The van der Waals surface area contributed by atoms with Gasteiger partial charge in [-0.05, 0) is 30.9 Å². The van der Waals surface area contributed by atoms with E-state index in [9.17, 15) is 0 Å². The average molecular weight is 330 g/mol. The van der Waals surface area contributed by atoms with Crippen LogP contribution >= 0.6 is 22.6 Å². The van der Waals surface area contributed by atoms with Crippen molar-refractivity contribution in [1.82, 2.24) is 0 Å². The van der Waals surface area contributed by atoms with Gasteiger partial charge in [-0.1, -0.05) is 59.5 Å². The molecule has 1 nitrogen and oxygen atoms in total. The molecular weight excluding hydrogens is 311 g/mol. The molecule has 0 heterocycles. The molecule has 1 rings (SSSR count). The normalized spacial score (nSPS) is 14.4. The Morgan fingerprint density at radius 1 is 1.44 bits per heavy atom. The molecule has 0 aliphatic rings. The van der Waals surface area contributed by atoms with Gasteiger partial charge in [0.25, 0.3) is 0 Å². The Labute approximate surface area is 112 Å². The first-order valence-electron chi connectivity index (χ1n) is 5.56. The van der Waals surface area contributed by atoms with E-state index in [4.69, 9.17) is 4.74 Å². The molecule has 0 aliphatic carbocycles. The van der Waals surface area contributed by atoms with E-state index in [0.717, 1.165) is 12.8 Å². The van der Waals surface area contributed by atoms with Gasteiger partial charge in [0.05, 0.1) is 6.10 Å². The number of halogens is 1. The fourth-order valence-corrected chi connectivity index (χ4v) is 2.24. The van der Waals surface area contributed by atoms with E-state index in [1.165, 1.54) is 11.1 Å². The van der Waals surface area contributed by atoms with Crippen molar-refractivity contribution in [3.63, 3.8) is 0 Å². The van der Waals surface area contributed by atoms with Crippen LogP contribution in [0.2, 0.25) is 0 Å². The summed E-state index contributed by atoms with van der Waals surface area (Å²) in [5, 5.41) is 0. The second kappa shape index (κ2) is 7.07. The maximum atomic E-state index is 5.33. The zero-order chi connectivity index (χ0) is 12.0. The highest BCUT2D eigenvalue weighted by Crippen LogP contribution is 2.19. The predicted molar refractivity (Wildman–Crippen MR) is 79.1 cm³/mol. The Balaban J connectivity index is 2.57. The Hall–Kier alpha value is -0.350. The van der Waals surface area contributed by atoms with Crippen molar-refractivity contribution in [2.75, 3.05) is 7.11 Å². The third-order valence-corrected chi connectivity index (χ3v) is 4.48. The smallest absolute Gasteiger partial charge is 0.0660 e. The molecule has 0 bridgehead atoms. The van der Waals surface area contributed by atoms with Crippen molar-refractivity contribution in [2.24, 2.45) is 0 Å². The van der Waals surface area contributed by atoms with Crippen molar-refractivity contribution in [3.8, 4) is 0 Å². The number of alkyl halides is 1. The zero-order valence-electron chi connectivity index (χ0n) is 9.95. The van der Waals surface area contributed by atoms with Gasteiger partial charge < -0.3 is 4.74 Å². The molecule has 1 aromatic carbocycles. The van der Waals surface area contributed by atoms with Gasteiger partial charge in [0.2, 0.25) is 0 Å². The molecule has 0 spiro atoms. The van der Waals surface area contributed by atoms with Crippen LogP contribution < -0.4 is 0 Å². The van der Waals surface area contributed by atoms with Gasteiger partial charge >= 0.3 is 0 Å². The molecule has 0 saturated heterocycles. The molecule has 0 fully saturated rings. The SMILES string of the molecule is C=Cc1ccccc1CCC(I)C(C)OC. The molecule has 0 N–H and O–H groups in total. The standard InChI is InChI=1S/C14H19IO/c1-4-12-7-5-6-8-13(12)9-10-14(15)11(2)16-3/h4-8,11,14H,1,9-10H2,2-3H3. The summed E-state index contributed by atoms with van der Waals surface area (Å²) < 4.78 is 5.89. The number of benzene rings is 1. The lowest BCUT2D eigenvalue weighted by molar-refractivity contribution is 0.118. The summed E-state index contributed by atoms with van der Waals surface area (Å²) in [6.45, 7) is 5.96. The molecule has 2 heteroatoms. The Kier molecular flexibility index (Phi) is 6.06. The van der Waals surface area contributed by atoms with Gasteiger partial charge in [-0.25, -0.2) is 0 Å². The van der Waals surface area contributed by atoms with Crippen molar-refractivity contribution in [1.29, 1.82) is 0 Å². The second-order valence-electron chi connectivity index (χ2n) is 3.90. The van der Waals surface area contributed by atoms with Crippen LogP contribution in [0.5, 0.6) is 0 Å². The minimum atomic E-state index is 0.316. The van der Waals surface area contributed by atoms with Gasteiger partial charge in [0, 0.05) is 11.0 Å². The lowest BCUT2D eigenvalue weighted by Crippen LogP contribution is -2.19. The lowest BCUT2D eigenvalue weighted by atomic mass is 10.0. The summed E-state index contributed by atoms with van der Waals surface area (Å²) in [5.41, 5.74) is 2.62. The molecular formula is C14H19IO. The Bertz CT molecular complexity index is 335. The van der Waals surface area contributed by atoms with E-state index < -0.39 is 0 Å². The number of aryl methyl sites for hydroxylation is 1. The molecule has 0 aliphatic heterocycles. The van der Waals surface area contributed by atoms with Gasteiger partial charge in [-0.2, -0.15) is 0 Å². The summed E-state index contributed by atoms with van der Waals surface area (Å²) in [5.74, 6) is 0. The predicted octanol–water partition coefficient (Wildman–Crippen LogP) is 4.10. The molecule has 0 saturated carbocycles. The number of ether oxygens (including phenoxy) is 1. The maximum Gasteiger partial charge on any atom is 0.0660 e. The largest absolute Gasteiger partial charge is 0.381 e. The van der Waals surface area contributed by atoms with Crippen LogP contribution in [-0.4, -0.2) is 17.1 Å². The van der Waals surface area contributed by atoms with E-state index in [-0.39, 0.29) is 0 Å². The molecule has 88 valence electrons. The van der Waals surface area contributed by atoms with Crippen LogP contribution in [0, 0.1) is 0 Å². The van der Waals surface area contributed by atoms with Crippen LogP contribution in [-0.2, 0) is 11.2 Å². The third-order valence-electron chi connectivity index (χ3n) is 2.85. The molecule has 0 amide bonds. The summed E-state index contributed by atoms with van der Waals surface area (Å²) >= 11 is 2.47. The molecule has 0 radical (unpaired) electrons. The number of rotatable bonds is 6. The van der Waals surface area contributed by atoms with E-state index >= 15 is 0 Å². The van der Waals surface area contributed by atoms with Crippen molar-refractivity contribution in [2.45, 2.75) is 29.8 Å². The van der Waals surface area contributed by atoms with E-state index in [0.29, 0.717) is 10.0 Å². The second-order valence-corrected chi connectivity index (χ2v) is 5.50. The summed E-state index contributed by atoms with van der Waals surface area (Å²) in [4.78, 5) is 0. The van der Waals surface area contributed by atoms with E-state index in [1.54, 1.807) is 7.11 Å². The van der Waals surface area contributed by atoms with Gasteiger partial charge in [-0.15, -0.1) is 0 Å². The monoisotopic (exact) mass is 330 g/mol. The number of methoxy groups -OCH3 is 1. The molecule has 2 atom stereocenters. The summed E-state index contributed by atoms with van der Waals surface area (Å²) in [7, 11) is 1.77. The van der Waals surface area contributed by atoms with Crippen LogP contribution in [0.15, 0.2) is 30.8 Å². The minimum absolute atomic E-state index is 0.316. The highest BCUT2D eigenvalue weighted by molar-refractivity contribution is 14.1. The van der Waals surface area contributed by atoms with Gasteiger partial charge in [0.15, 0.2) is 0 Å². The van der Waals surface area contributed by atoms with Gasteiger partial charge in [0.1, 0.15) is 0 Å². The number of hydrogen-bond donors (Lipinski definition) is 0. The Morgan fingerprint density at radius 2 is 2.12 bits per heavy atom. The van der Waals surface area contributed by atoms with E-state index in [2.05, 4.69) is 60.4 Å². The average Bonchev–Trinajstić information content (AvgIpc) is 2.35. The topological polar surface area (TPSA) is 9.23 Å². The van der Waals surface area contributed by atoms with Crippen molar-refractivity contribution in [3.05, 3.63) is 42.0 Å². The summed E-state index contributed by atoms with van der Waals surface area (Å²) in [6.07, 6.45) is 4.47. The molecule has 2 unspecified atom stereocenters. The molecule has 16 heavy (non-hydrogen) atoms. The highest BCUT2D eigenvalue weighted by Gasteiger charge is 2.13. The fourth-order valence-electron chi connectivity index (χ4n) is 1.64. The fraction of sp³-hybridized carbons (Fsp3) is 0.429. The maximum absolute atomic E-state index is 5.33. The lowest BCUT2D eigenvalue weighted by Gasteiger charge is -2.17. The van der Waals surface area contributed by atoms with Crippen molar-refractivity contribution >= 4 is 28.7 Å². The van der Waals surface area contributed by atoms with Gasteiger partial charge in [-0.3, -0.25) is 0 Å². The van der Waals surface area contributed by atoms with Crippen LogP contribution in [0.4, 0.5) is 0 Å². The first-order chi connectivity index (χ1) is 7.69. The summed E-state index contributed by atoms with van der Waals surface area (Å²) in [6, 6.07) is 8.44. The first kappa shape index (κ1) is 13.7. The first-order valence-corrected chi connectivity index (χ1v) is 6.80. The Morgan fingerprint density at radius 3 is 2.75 bits per heavy atom. The van der Waals surface area contributed by atoms with Crippen LogP contribution in [0.3, 0.4) is 0 Å². The van der Waals surface area contributed by atoms with E-state index in [1.807, 2.05) is 6.08 Å². The highest BCUT2D eigenvalue weighted by atomic mass is 127. The van der Waals surface area contributed by atoms with Crippen LogP contribution in [0.25, 0.3) is 6.08 Å². The molecule has 0 aromatic heterocycles. The minimum Gasteiger partial charge on any atom is -0.381 e. The molecule has 1 aromatic rings. The third kappa shape index (κ3) is 3.91. The quantitative estimate of drug-likeness (QED) is 0.564. The van der Waals surface area contributed by atoms with Crippen LogP contribution in [0.1, 0.15) is 24.5 Å². The van der Waals surface area contributed by atoms with Crippen molar-refractivity contribution < 1.29 is 4.74 Å². The zero-order valence-corrected chi connectivity index (χ0v) is 12.1.